The molecule has 2 saturated carbocycles. The number of benzene rings is 1. The van der Waals surface area contributed by atoms with Crippen LogP contribution < -0.4 is 15.4 Å². The fourth-order valence-corrected chi connectivity index (χ4v) is 11.9. The molecule has 1 aromatic carbocycles. The fourth-order valence-electron chi connectivity index (χ4n) is 11.9. The number of hydrogen-bond acceptors (Lipinski definition) is 17. The van der Waals surface area contributed by atoms with Crippen LogP contribution in [-0.4, -0.2) is 167 Å². The van der Waals surface area contributed by atoms with Crippen molar-refractivity contribution in [3.8, 4) is 5.75 Å². The molecule has 4 saturated heterocycles. The van der Waals surface area contributed by atoms with Gasteiger partial charge in [0, 0.05) is 67.5 Å². The van der Waals surface area contributed by atoms with Crippen molar-refractivity contribution in [2.45, 2.75) is 126 Å². The molecular weight excluding hydrogens is 881 g/mol. The van der Waals surface area contributed by atoms with E-state index in [-0.39, 0.29) is 124 Å². The third-order valence-electron chi connectivity index (χ3n) is 15.5. The van der Waals surface area contributed by atoms with Crippen molar-refractivity contribution in [2.75, 3.05) is 44.9 Å². The van der Waals surface area contributed by atoms with Gasteiger partial charge in [0.05, 0.1) is 30.6 Å². The molecule has 21 heteroatoms. The minimum atomic E-state index is -1.64. The zero-order chi connectivity index (χ0) is 47.3. The molecule has 10 rings (SSSR count). The highest BCUT2D eigenvalue weighted by molar-refractivity contribution is 6.13. The molecule has 14 atom stereocenters. The second-order valence-corrected chi connectivity index (χ2v) is 19.3. The normalized spacial score (nSPS) is 38.2. The number of esters is 1. The summed E-state index contributed by atoms with van der Waals surface area (Å²) in [6, 6.07) is 4.52. The average molecular weight is 937 g/mol. The van der Waals surface area contributed by atoms with Gasteiger partial charge in [-0.05, 0) is 49.0 Å². The molecule has 362 valence electrons. The maximum Gasteiger partial charge on any atom is 0.411 e. The van der Waals surface area contributed by atoms with Crippen LogP contribution in [0.2, 0.25) is 0 Å². The number of ether oxygens (including phenoxy) is 8. The predicted molar refractivity (Wildman–Crippen MR) is 225 cm³/mol. The first-order valence-corrected chi connectivity index (χ1v) is 23.0. The summed E-state index contributed by atoms with van der Waals surface area (Å²) in [5.74, 6) is -2.43. The van der Waals surface area contributed by atoms with E-state index in [4.69, 9.17) is 37.9 Å². The van der Waals surface area contributed by atoms with Gasteiger partial charge in [0.2, 0.25) is 18.1 Å². The van der Waals surface area contributed by atoms with Crippen molar-refractivity contribution in [1.29, 1.82) is 0 Å². The average Bonchev–Trinajstić information content (AvgIpc) is 4.24. The summed E-state index contributed by atoms with van der Waals surface area (Å²) in [4.78, 5) is 78.0. The lowest BCUT2D eigenvalue weighted by atomic mass is 9.47. The Balaban J connectivity index is 0.795. The first kappa shape index (κ1) is 45.8. The van der Waals surface area contributed by atoms with Crippen LogP contribution in [0, 0.1) is 23.2 Å². The van der Waals surface area contributed by atoms with Gasteiger partial charge in [0.15, 0.2) is 0 Å². The van der Waals surface area contributed by atoms with E-state index in [1.807, 2.05) is 0 Å². The summed E-state index contributed by atoms with van der Waals surface area (Å²) in [6.45, 7) is 7.88. The Labute approximate surface area is 384 Å². The van der Waals surface area contributed by atoms with Crippen LogP contribution in [-0.2, 0) is 63.7 Å². The van der Waals surface area contributed by atoms with E-state index in [0.717, 1.165) is 34.6 Å². The van der Waals surface area contributed by atoms with Crippen molar-refractivity contribution in [2.24, 2.45) is 23.2 Å². The summed E-state index contributed by atoms with van der Waals surface area (Å²) in [5.41, 5.74) is 0.718. The lowest BCUT2D eigenvalue weighted by Crippen LogP contribution is -2.66. The third kappa shape index (κ3) is 7.43. The number of epoxide rings is 3. The maximum absolute atomic E-state index is 13.8. The summed E-state index contributed by atoms with van der Waals surface area (Å²) in [7, 11) is 0. The van der Waals surface area contributed by atoms with E-state index in [1.54, 1.807) is 13.0 Å². The Morgan fingerprint density at radius 2 is 1.78 bits per heavy atom. The van der Waals surface area contributed by atoms with Crippen molar-refractivity contribution < 1.29 is 82.0 Å². The van der Waals surface area contributed by atoms with Gasteiger partial charge in [-0.15, -0.1) is 0 Å². The smallest absolute Gasteiger partial charge is 0.411 e. The van der Waals surface area contributed by atoms with Crippen molar-refractivity contribution >= 4 is 41.4 Å². The molecule has 6 heterocycles. The number of imide groups is 1. The molecule has 3 unspecified atom stereocenters. The van der Waals surface area contributed by atoms with Crippen molar-refractivity contribution in [1.82, 2.24) is 15.1 Å². The van der Waals surface area contributed by atoms with Crippen LogP contribution >= 0.6 is 0 Å². The Kier molecular flexibility index (Phi) is 11.5. The van der Waals surface area contributed by atoms with E-state index in [9.17, 15) is 44.1 Å². The summed E-state index contributed by atoms with van der Waals surface area (Å²) >= 11 is 0. The summed E-state index contributed by atoms with van der Waals surface area (Å²) < 4.78 is 49.4. The molecule has 0 bridgehead atoms. The number of nitrogens with zero attached hydrogens (tertiary/aromatic N) is 2. The van der Waals surface area contributed by atoms with Gasteiger partial charge in [-0.3, -0.25) is 29.0 Å². The standard InChI is InChI=1S/C46H56N4O17/c1-5-49(20-63-38-33-37-36(65-37)32-24-18-60-41(58)23(24)10-13-44(32,4)46(33)40(67-46)39-45(38,66-39)21(2)3)43(59)62-17-22-6-7-27(64-42-35(57)34(56)26(51)19-61-42)25(16-22)48-29(53)11-14-47-28(52)12-15-50-30(54)8-9-31(50)55/h6-9,16,21,26,32-40,42,51,56-57H,5,10-15,17-20H2,1-4H3,(H,47,52)(H,48,53)/t26-,32-,33?,34+,35?,36+,37-,38?,39+,40+,42+,44+,45-,46-/m1/s1. The minimum absolute atomic E-state index is 0.0179. The number of amides is 5. The van der Waals surface area contributed by atoms with Crippen LogP contribution in [0.25, 0.3) is 0 Å². The summed E-state index contributed by atoms with van der Waals surface area (Å²) in [6.07, 6.45) is -4.54. The second kappa shape index (κ2) is 16.9. The van der Waals surface area contributed by atoms with E-state index >= 15 is 0 Å². The van der Waals surface area contributed by atoms with Gasteiger partial charge < -0.3 is 63.8 Å². The fraction of sp³-hybridized carbons (Fsp3) is 0.652. The maximum atomic E-state index is 13.8. The molecule has 67 heavy (non-hydrogen) atoms. The SMILES string of the molecule is CCN(COC1C2[C@H]3O[C@H]3[C@H]3C4=C(CC[C@]3(C)[C@@]23O[C@H]3[C@@H]2O[C@]12C(C)C)C(=O)OC4)C(=O)OCc1ccc(O[C@@H]2OC[C@@H](O)[C@H](O)C2O)c(NC(=O)CCNC(=O)CCN2C(=O)C=CC2=O)c1. The van der Waals surface area contributed by atoms with E-state index in [1.165, 1.54) is 17.0 Å². The molecular formula is C46H56N4O17. The van der Waals surface area contributed by atoms with Crippen LogP contribution in [0.4, 0.5) is 10.5 Å². The molecule has 6 aliphatic heterocycles. The van der Waals surface area contributed by atoms with Gasteiger partial charge in [0.25, 0.3) is 11.8 Å². The monoisotopic (exact) mass is 936 g/mol. The first-order chi connectivity index (χ1) is 32.0. The predicted octanol–water partition coefficient (Wildman–Crippen LogP) is 0.177. The van der Waals surface area contributed by atoms with E-state index in [0.29, 0.717) is 12.0 Å². The third-order valence-corrected chi connectivity index (χ3v) is 15.5. The molecule has 9 aliphatic rings. The number of aliphatic hydroxyl groups is 3. The highest BCUT2D eigenvalue weighted by atomic mass is 16.7. The zero-order valence-electron chi connectivity index (χ0n) is 37.5. The topological polar surface area (TPSA) is 277 Å². The van der Waals surface area contributed by atoms with Gasteiger partial charge in [0.1, 0.15) is 67.4 Å². The number of aliphatic hydroxyl groups excluding tert-OH is 3. The zero-order valence-corrected chi connectivity index (χ0v) is 37.5. The molecule has 5 amide bonds. The molecule has 3 aliphatic carbocycles. The van der Waals surface area contributed by atoms with Crippen LogP contribution in [0.15, 0.2) is 41.5 Å². The molecule has 6 fully saturated rings. The number of nitrogens with one attached hydrogen (secondary N) is 2. The van der Waals surface area contributed by atoms with Gasteiger partial charge >= 0.3 is 12.1 Å². The molecule has 0 radical (unpaired) electrons. The lowest BCUT2D eigenvalue weighted by molar-refractivity contribution is -0.241. The lowest BCUT2D eigenvalue weighted by Gasteiger charge is -2.54. The Morgan fingerprint density at radius 3 is 2.52 bits per heavy atom. The minimum Gasteiger partial charge on any atom is -0.460 e. The Morgan fingerprint density at radius 1 is 1.00 bits per heavy atom. The highest BCUT2D eigenvalue weighted by Crippen LogP contribution is 2.79. The van der Waals surface area contributed by atoms with Gasteiger partial charge in [-0.25, -0.2) is 9.59 Å². The molecule has 21 nitrogen and oxygen atoms in total. The van der Waals surface area contributed by atoms with Crippen molar-refractivity contribution in [3.63, 3.8) is 0 Å². The van der Waals surface area contributed by atoms with Crippen LogP contribution in [0.3, 0.4) is 0 Å². The van der Waals surface area contributed by atoms with Crippen LogP contribution in [0.1, 0.15) is 58.9 Å². The Hall–Kier alpha value is -5.00. The number of hydrogen-bond donors (Lipinski definition) is 5. The van der Waals surface area contributed by atoms with Crippen molar-refractivity contribution in [3.05, 3.63) is 47.1 Å². The quantitative estimate of drug-likeness (QED) is 0.0640. The number of rotatable bonds is 16. The number of cyclic esters (lactones) is 1. The van der Waals surface area contributed by atoms with E-state index in [2.05, 4.69) is 31.4 Å². The second-order valence-electron chi connectivity index (χ2n) is 19.3. The highest BCUT2D eigenvalue weighted by Gasteiger charge is 2.93. The van der Waals surface area contributed by atoms with Gasteiger partial charge in [-0.2, -0.15) is 0 Å². The molecule has 1 aromatic rings. The molecule has 1 spiro atoms. The molecule has 0 aromatic heterocycles. The molecule has 5 N–H and O–H groups in total. The first-order valence-electron chi connectivity index (χ1n) is 23.0. The Bertz CT molecular complexity index is 2300. The number of anilines is 1. The number of carbonyl (C=O) groups excluding carboxylic acids is 6. The largest absolute Gasteiger partial charge is 0.460 e. The van der Waals surface area contributed by atoms with Crippen LogP contribution in [0.5, 0.6) is 5.75 Å². The van der Waals surface area contributed by atoms with Gasteiger partial charge in [-0.1, -0.05) is 26.8 Å². The number of fused-ring (bicyclic) bond motifs is 7. The van der Waals surface area contributed by atoms with E-state index < -0.39 is 71.6 Å². The number of carbonyl (C=O) groups is 6. The summed E-state index contributed by atoms with van der Waals surface area (Å²) in [5, 5.41) is 36.0.